The Hall–Kier alpha value is -3.44. The van der Waals surface area contributed by atoms with Crippen LogP contribution in [0.2, 0.25) is 5.02 Å². The molecule has 0 spiro atoms. The second kappa shape index (κ2) is 12.0. The third-order valence-electron chi connectivity index (χ3n) is 5.57. The number of rotatable bonds is 8. The van der Waals surface area contributed by atoms with Gasteiger partial charge in [-0.2, -0.15) is 5.26 Å². The largest absolute Gasteiger partial charge is 0.343 e. The zero-order chi connectivity index (χ0) is 23.6. The summed E-state index contributed by atoms with van der Waals surface area (Å²) in [5.41, 5.74) is 0.715. The first kappa shape index (κ1) is 24.2. The molecule has 0 aliphatic carbocycles. The molecule has 1 aromatic carbocycles. The van der Waals surface area contributed by atoms with E-state index in [0.29, 0.717) is 42.5 Å². The van der Waals surface area contributed by atoms with Crippen LogP contribution < -0.4 is 10.2 Å². The Morgan fingerprint density at radius 2 is 1.85 bits per heavy atom. The van der Waals surface area contributed by atoms with Crippen molar-refractivity contribution in [3.8, 4) is 6.07 Å². The molecule has 1 N–H and O–H groups in total. The van der Waals surface area contributed by atoms with Crippen LogP contribution in [0.4, 0.5) is 11.5 Å². The monoisotopic (exact) mass is 467 g/mol. The predicted octanol–water partition coefficient (Wildman–Crippen LogP) is 3.64. The number of anilines is 2. The highest BCUT2D eigenvalue weighted by atomic mass is 35.5. The average Bonchev–Trinajstić information content (AvgIpc) is 2.85. The maximum absolute atomic E-state index is 12.8. The van der Waals surface area contributed by atoms with Gasteiger partial charge in [0.2, 0.25) is 17.7 Å². The van der Waals surface area contributed by atoms with Crippen molar-refractivity contribution in [3.63, 3.8) is 0 Å². The highest BCUT2D eigenvalue weighted by molar-refractivity contribution is 6.30. The number of likely N-dealkylation sites (tertiary alicyclic amines) is 1. The van der Waals surface area contributed by atoms with Gasteiger partial charge in [-0.3, -0.25) is 14.4 Å². The highest BCUT2D eigenvalue weighted by Crippen LogP contribution is 2.21. The van der Waals surface area contributed by atoms with Gasteiger partial charge in [-0.15, -0.1) is 0 Å². The lowest BCUT2D eigenvalue weighted by molar-refractivity contribution is -0.135. The average molecular weight is 468 g/mol. The van der Waals surface area contributed by atoms with Crippen LogP contribution in [0, 0.1) is 17.2 Å². The van der Waals surface area contributed by atoms with Crippen molar-refractivity contribution in [1.82, 2.24) is 9.88 Å². The maximum atomic E-state index is 12.8. The number of amides is 3. The molecule has 0 bridgehead atoms. The zero-order valence-corrected chi connectivity index (χ0v) is 19.0. The van der Waals surface area contributed by atoms with E-state index in [1.54, 1.807) is 21.9 Å². The van der Waals surface area contributed by atoms with Crippen molar-refractivity contribution >= 4 is 40.8 Å². The van der Waals surface area contributed by atoms with E-state index < -0.39 is 0 Å². The summed E-state index contributed by atoms with van der Waals surface area (Å²) in [5.74, 6) is -0.166. The second-order valence-electron chi connectivity index (χ2n) is 7.80. The van der Waals surface area contributed by atoms with Gasteiger partial charge in [0.25, 0.3) is 0 Å². The van der Waals surface area contributed by atoms with Crippen LogP contribution in [-0.4, -0.2) is 47.2 Å². The van der Waals surface area contributed by atoms with E-state index in [1.165, 1.54) is 6.20 Å². The minimum atomic E-state index is -0.201. The lowest BCUT2D eigenvalue weighted by Crippen LogP contribution is -2.42. The number of nitrogens with zero attached hydrogens (tertiary/aromatic N) is 4. The smallest absolute Gasteiger partial charge is 0.228 e. The lowest BCUT2D eigenvalue weighted by Gasteiger charge is -2.31. The lowest BCUT2D eigenvalue weighted by atomic mass is 9.95. The van der Waals surface area contributed by atoms with Gasteiger partial charge in [-0.1, -0.05) is 29.8 Å². The molecule has 2 aromatic rings. The number of benzene rings is 1. The van der Waals surface area contributed by atoms with Crippen LogP contribution >= 0.6 is 11.6 Å². The summed E-state index contributed by atoms with van der Waals surface area (Å²) in [7, 11) is 0. The number of nitriles is 1. The predicted molar refractivity (Wildman–Crippen MR) is 125 cm³/mol. The summed E-state index contributed by atoms with van der Waals surface area (Å²) < 4.78 is 0. The molecule has 0 unspecified atom stereocenters. The third kappa shape index (κ3) is 7.02. The van der Waals surface area contributed by atoms with Gasteiger partial charge < -0.3 is 15.1 Å². The summed E-state index contributed by atoms with van der Waals surface area (Å²) in [5, 5.41) is 12.2. The molecule has 0 atom stereocenters. The summed E-state index contributed by atoms with van der Waals surface area (Å²) in [6.07, 6.45) is 2.96. The fourth-order valence-corrected chi connectivity index (χ4v) is 3.86. The number of halogens is 1. The normalized spacial score (nSPS) is 13.8. The Bertz CT molecular complexity index is 999. The molecule has 9 heteroatoms. The standard InChI is InChI=1S/C24H26ClN5O3/c25-19-7-8-21(27-17-19)28-24(33)18-11-15-29(16-12-18)22(31)9-10-23(32)30(14-4-13-26)20-5-2-1-3-6-20/h1-3,5-8,17-18H,4,9-12,14-16H2,(H,27,28,33). The van der Waals surface area contributed by atoms with E-state index in [2.05, 4.69) is 16.4 Å². The summed E-state index contributed by atoms with van der Waals surface area (Å²) in [4.78, 5) is 45.2. The molecule has 172 valence electrons. The zero-order valence-electron chi connectivity index (χ0n) is 18.2. The Labute approximate surface area is 198 Å². The summed E-state index contributed by atoms with van der Waals surface area (Å²) in [6.45, 7) is 1.22. The van der Waals surface area contributed by atoms with Crippen molar-refractivity contribution in [2.24, 2.45) is 5.92 Å². The fraction of sp³-hybridized carbons (Fsp3) is 0.375. The van der Waals surface area contributed by atoms with Crippen molar-refractivity contribution in [1.29, 1.82) is 5.26 Å². The fourth-order valence-electron chi connectivity index (χ4n) is 3.74. The first-order valence-corrected chi connectivity index (χ1v) is 11.3. The molecular formula is C24H26ClN5O3. The molecular weight excluding hydrogens is 442 g/mol. The van der Waals surface area contributed by atoms with E-state index >= 15 is 0 Å². The maximum Gasteiger partial charge on any atom is 0.228 e. The molecule has 1 saturated heterocycles. The van der Waals surface area contributed by atoms with Crippen molar-refractivity contribution in [2.75, 3.05) is 29.9 Å². The molecule has 1 aliphatic rings. The number of hydrogen-bond acceptors (Lipinski definition) is 5. The van der Waals surface area contributed by atoms with Crippen LogP contribution in [0.3, 0.4) is 0 Å². The topological polar surface area (TPSA) is 106 Å². The number of piperidine rings is 1. The SMILES string of the molecule is N#CCCN(C(=O)CCC(=O)N1CCC(C(=O)Nc2ccc(Cl)cn2)CC1)c1ccccc1. The second-order valence-corrected chi connectivity index (χ2v) is 8.23. The van der Waals surface area contributed by atoms with E-state index in [1.807, 2.05) is 30.3 Å². The molecule has 33 heavy (non-hydrogen) atoms. The van der Waals surface area contributed by atoms with Gasteiger partial charge >= 0.3 is 0 Å². The Morgan fingerprint density at radius 1 is 1.12 bits per heavy atom. The number of aromatic nitrogens is 1. The van der Waals surface area contributed by atoms with E-state index in [0.717, 1.165) is 0 Å². The third-order valence-corrected chi connectivity index (χ3v) is 5.79. The summed E-state index contributed by atoms with van der Waals surface area (Å²) in [6, 6.07) is 14.5. The minimum absolute atomic E-state index is 0.0712. The van der Waals surface area contributed by atoms with Crippen LogP contribution in [0.15, 0.2) is 48.7 Å². The van der Waals surface area contributed by atoms with Gasteiger partial charge in [-0.25, -0.2) is 4.98 Å². The first-order chi connectivity index (χ1) is 16.0. The van der Waals surface area contributed by atoms with E-state index in [-0.39, 0.29) is 49.4 Å². The number of nitrogens with one attached hydrogen (secondary N) is 1. The molecule has 1 aromatic heterocycles. The van der Waals surface area contributed by atoms with Gasteiger partial charge in [0.15, 0.2) is 0 Å². The highest BCUT2D eigenvalue weighted by Gasteiger charge is 2.28. The van der Waals surface area contributed by atoms with Crippen molar-refractivity contribution in [3.05, 3.63) is 53.7 Å². The van der Waals surface area contributed by atoms with E-state index in [9.17, 15) is 14.4 Å². The quantitative estimate of drug-likeness (QED) is 0.637. The van der Waals surface area contributed by atoms with Gasteiger partial charge in [0.1, 0.15) is 5.82 Å². The van der Waals surface area contributed by atoms with Crippen molar-refractivity contribution < 1.29 is 14.4 Å². The minimum Gasteiger partial charge on any atom is -0.343 e. The Kier molecular flexibility index (Phi) is 8.79. The van der Waals surface area contributed by atoms with Crippen LogP contribution in [-0.2, 0) is 14.4 Å². The molecule has 3 rings (SSSR count). The number of para-hydroxylation sites is 1. The van der Waals surface area contributed by atoms with Gasteiger partial charge in [0, 0.05) is 50.3 Å². The number of pyridine rings is 1. The molecule has 2 heterocycles. The molecule has 0 saturated carbocycles. The molecule has 8 nitrogen and oxygen atoms in total. The summed E-state index contributed by atoms with van der Waals surface area (Å²) >= 11 is 5.81. The molecule has 1 aliphatic heterocycles. The number of carbonyl (C=O) groups is 3. The Balaban J connectivity index is 1.46. The van der Waals surface area contributed by atoms with Gasteiger partial charge in [-0.05, 0) is 37.1 Å². The van der Waals surface area contributed by atoms with Gasteiger partial charge in [0.05, 0.1) is 17.5 Å². The van der Waals surface area contributed by atoms with Crippen LogP contribution in [0.25, 0.3) is 0 Å². The molecule has 1 fully saturated rings. The number of carbonyl (C=O) groups excluding carboxylic acids is 3. The van der Waals surface area contributed by atoms with Crippen molar-refractivity contribution in [2.45, 2.75) is 32.1 Å². The van der Waals surface area contributed by atoms with Crippen LogP contribution in [0.5, 0.6) is 0 Å². The Morgan fingerprint density at radius 3 is 2.48 bits per heavy atom. The number of hydrogen-bond donors (Lipinski definition) is 1. The first-order valence-electron chi connectivity index (χ1n) is 10.9. The van der Waals surface area contributed by atoms with Crippen LogP contribution in [0.1, 0.15) is 32.1 Å². The van der Waals surface area contributed by atoms with E-state index in [4.69, 9.17) is 16.9 Å². The molecule has 0 radical (unpaired) electrons. The molecule has 3 amide bonds.